The van der Waals surface area contributed by atoms with Gasteiger partial charge in [-0.2, -0.15) is 0 Å². The van der Waals surface area contributed by atoms with Gasteiger partial charge in [-0.3, -0.25) is 4.99 Å². The number of ether oxygens (including phenoxy) is 1. The summed E-state index contributed by atoms with van der Waals surface area (Å²) >= 11 is 0. The summed E-state index contributed by atoms with van der Waals surface area (Å²) in [6.07, 6.45) is 4.00. The molecule has 14 heavy (non-hydrogen) atoms. The molecule has 0 spiro atoms. The van der Waals surface area contributed by atoms with E-state index in [9.17, 15) is 0 Å². The van der Waals surface area contributed by atoms with Crippen LogP contribution in [0.2, 0.25) is 0 Å². The summed E-state index contributed by atoms with van der Waals surface area (Å²) in [6.45, 7) is 1.95. The molecule has 0 bridgehead atoms. The lowest BCUT2D eigenvalue weighted by molar-refractivity contribution is 0.0900. The van der Waals surface area contributed by atoms with Gasteiger partial charge in [-0.25, -0.2) is 0 Å². The second kappa shape index (κ2) is 4.17. The van der Waals surface area contributed by atoms with Crippen molar-refractivity contribution in [3.8, 4) is 0 Å². The summed E-state index contributed by atoms with van der Waals surface area (Å²) in [5.74, 6) is 1.04. The first-order valence-electron chi connectivity index (χ1n) is 5.36. The van der Waals surface area contributed by atoms with Crippen LogP contribution in [0.1, 0.15) is 19.3 Å². The summed E-state index contributed by atoms with van der Waals surface area (Å²) in [4.78, 5) is 6.60. The van der Waals surface area contributed by atoms with E-state index in [1.807, 2.05) is 0 Å². The van der Waals surface area contributed by atoms with Crippen molar-refractivity contribution < 1.29 is 4.74 Å². The second-order valence-electron chi connectivity index (χ2n) is 4.08. The first-order chi connectivity index (χ1) is 6.81. The summed E-state index contributed by atoms with van der Waals surface area (Å²) in [7, 11) is 3.88. The maximum absolute atomic E-state index is 5.43. The van der Waals surface area contributed by atoms with Gasteiger partial charge in [-0.15, -0.1) is 0 Å². The van der Waals surface area contributed by atoms with Crippen molar-refractivity contribution in [1.82, 2.24) is 10.2 Å². The Hall–Kier alpha value is -0.770. The molecular formula is C10H19N3O. The van der Waals surface area contributed by atoms with E-state index >= 15 is 0 Å². The maximum atomic E-state index is 5.43. The Morgan fingerprint density at radius 1 is 1.50 bits per heavy atom. The number of rotatable bonds is 2. The highest BCUT2D eigenvalue weighted by atomic mass is 16.5. The normalized spacial score (nSPS) is 32.1. The Bertz CT molecular complexity index is 229. The summed E-state index contributed by atoms with van der Waals surface area (Å²) in [5, 5.41) is 3.48. The molecule has 0 saturated heterocycles. The summed E-state index contributed by atoms with van der Waals surface area (Å²) in [5.41, 5.74) is 0. The molecular weight excluding hydrogens is 178 g/mol. The summed E-state index contributed by atoms with van der Waals surface area (Å²) < 4.78 is 5.43. The standard InChI is InChI=1S/C10H19N3O/c1-13-7-6-11-10(13)12-8-4-3-5-9(8)14-2/h8-9H,3-7H2,1-2H3,(H,11,12). The highest BCUT2D eigenvalue weighted by molar-refractivity contribution is 5.81. The Morgan fingerprint density at radius 3 is 3.00 bits per heavy atom. The molecule has 2 unspecified atom stereocenters. The van der Waals surface area contributed by atoms with Crippen LogP contribution in [-0.2, 0) is 4.74 Å². The molecule has 4 nitrogen and oxygen atoms in total. The highest BCUT2D eigenvalue weighted by Crippen LogP contribution is 2.21. The van der Waals surface area contributed by atoms with Crippen LogP contribution >= 0.6 is 0 Å². The molecule has 1 fully saturated rings. The first kappa shape index (κ1) is 9.77. The minimum atomic E-state index is 0.367. The van der Waals surface area contributed by atoms with Gasteiger partial charge in [0, 0.05) is 20.7 Å². The van der Waals surface area contributed by atoms with Gasteiger partial charge >= 0.3 is 0 Å². The fraction of sp³-hybridized carbons (Fsp3) is 0.900. The largest absolute Gasteiger partial charge is 0.379 e. The fourth-order valence-electron chi connectivity index (χ4n) is 2.23. The number of hydrogen-bond donors (Lipinski definition) is 1. The molecule has 2 rings (SSSR count). The van der Waals surface area contributed by atoms with Crippen LogP contribution in [0.5, 0.6) is 0 Å². The van der Waals surface area contributed by atoms with Crippen molar-refractivity contribution >= 4 is 5.96 Å². The predicted molar refractivity (Wildman–Crippen MR) is 56.5 cm³/mol. The quantitative estimate of drug-likeness (QED) is 0.698. The lowest BCUT2D eigenvalue weighted by Crippen LogP contribution is -2.45. The van der Waals surface area contributed by atoms with Crippen LogP contribution in [0.4, 0.5) is 0 Å². The van der Waals surface area contributed by atoms with Crippen molar-refractivity contribution in [3.63, 3.8) is 0 Å². The monoisotopic (exact) mass is 197 g/mol. The van der Waals surface area contributed by atoms with Crippen LogP contribution in [0.25, 0.3) is 0 Å². The van der Waals surface area contributed by atoms with Gasteiger partial charge < -0.3 is 15.0 Å². The molecule has 1 aliphatic carbocycles. The molecule has 0 aromatic heterocycles. The number of nitrogens with zero attached hydrogens (tertiary/aromatic N) is 2. The van der Waals surface area contributed by atoms with Gasteiger partial charge in [0.25, 0.3) is 0 Å². The van der Waals surface area contributed by atoms with Crippen molar-refractivity contribution in [1.29, 1.82) is 0 Å². The van der Waals surface area contributed by atoms with E-state index < -0.39 is 0 Å². The van der Waals surface area contributed by atoms with Crippen LogP contribution in [0, 0.1) is 0 Å². The van der Waals surface area contributed by atoms with Crippen LogP contribution in [-0.4, -0.2) is 50.3 Å². The molecule has 2 atom stereocenters. The number of aliphatic imine (C=N–C) groups is 1. The van der Waals surface area contributed by atoms with Crippen molar-refractivity contribution in [2.24, 2.45) is 4.99 Å². The fourth-order valence-corrected chi connectivity index (χ4v) is 2.23. The number of methoxy groups -OCH3 is 1. The number of nitrogens with one attached hydrogen (secondary N) is 1. The van der Waals surface area contributed by atoms with E-state index in [0.717, 1.165) is 19.0 Å². The molecule has 0 aromatic carbocycles. The van der Waals surface area contributed by atoms with E-state index in [2.05, 4.69) is 22.3 Å². The lowest BCUT2D eigenvalue weighted by Gasteiger charge is -2.23. The zero-order valence-electron chi connectivity index (χ0n) is 8.99. The van der Waals surface area contributed by atoms with Crippen molar-refractivity contribution in [2.75, 3.05) is 27.2 Å². The molecule has 1 aliphatic heterocycles. The lowest BCUT2D eigenvalue weighted by atomic mass is 10.2. The molecule has 4 heteroatoms. The first-order valence-corrected chi connectivity index (χ1v) is 5.36. The Labute approximate surface area is 85.3 Å². The molecule has 80 valence electrons. The van der Waals surface area contributed by atoms with Gasteiger partial charge in [0.1, 0.15) is 0 Å². The molecule has 2 aliphatic rings. The molecule has 0 aromatic rings. The molecule has 1 N–H and O–H groups in total. The molecule has 0 amide bonds. The minimum Gasteiger partial charge on any atom is -0.379 e. The van der Waals surface area contributed by atoms with E-state index in [-0.39, 0.29) is 0 Å². The maximum Gasteiger partial charge on any atom is 0.194 e. The van der Waals surface area contributed by atoms with Gasteiger partial charge in [-0.1, -0.05) is 0 Å². The molecule has 0 radical (unpaired) electrons. The predicted octanol–water partition coefficient (Wildman–Crippen LogP) is 0.445. The van der Waals surface area contributed by atoms with Gasteiger partial charge in [-0.05, 0) is 19.3 Å². The van der Waals surface area contributed by atoms with E-state index in [4.69, 9.17) is 4.74 Å². The average Bonchev–Trinajstić information content (AvgIpc) is 2.77. The smallest absolute Gasteiger partial charge is 0.194 e. The zero-order chi connectivity index (χ0) is 9.97. The zero-order valence-corrected chi connectivity index (χ0v) is 8.99. The Balaban J connectivity index is 1.90. The second-order valence-corrected chi connectivity index (χ2v) is 4.08. The Kier molecular flexibility index (Phi) is 2.91. The van der Waals surface area contributed by atoms with Gasteiger partial charge in [0.2, 0.25) is 0 Å². The Morgan fingerprint density at radius 2 is 2.36 bits per heavy atom. The van der Waals surface area contributed by atoms with Crippen molar-refractivity contribution in [2.45, 2.75) is 31.4 Å². The third-order valence-electron chi connectivity index (χ3n) is 3.13. The van der Waals surface area contributed by atoms with E-state index in [0.29, 0.717) is 12.1 Å². The number of likely N-dealkylation sites (N-methyl/N-ethyl adjacent to an activating group) is 1. The SMILES string of the molecule is COC1CCCC1NC1=NCCN1C. The number of guanidine groups is 1. The third kappa shape index (κ3) is 1.85. The minimum absolute atomic E-state index is 0.367. The van der Waals surface area contributed by atoms with Crippen molar-refractivity contribution in [3.05, 3.63) is 0 Å². The van der Waals surface area contributed by atoms with E-state index in [1.165, 1.54) is 19.3 Å². The van der Waals surface area contributed by atoms with Gasteiger partial charge in [0.05, 0.1) is 18.7 Å². The third-order valence-corrected chi connectivity index (χ3v) is 3.13. The number of hydrogen-bond acceptors (Lipinski definition) is 4. The molecule has 1 heterocycles. The van der Waals surface area contributed by atoms with Crippen LogP contribution in [0.15, 0.2) is 4.99 Å². The topological polar surface area (TPSA) is 36.9 Å². The van der Waals surface area contributed by atoms with Crippen LogP contribution in [0.3, 0.4) is 0 Å². The highest BCUT2D eigenvalue weighted by Gasteiger charge is 2.29. The van der Waals surface area contributed by atoms with Crippen LogP contribution < -0.4 is 5.32 Å². The summed E-state index contributed by atoms with van der Waals surface area (Å²) in [6, 6.07) is 0.458. The van der Waals surface area contributed by atoms with Gasteiger partial charge in [0.15, 0.2) is 5.96 Å². The van der Waals surface area contributed by atoms with E-state index in [1.54, 1.807) is 7.11 Å². The average molecular weight is 197 g/mol. The molecule has 1 saturated carbocycles.